The molecule has 3 nitrogen and oxygen atoms in total. The maximum absolute atomic E-state index is 12.5. The Balaban J connectivity index is 0.00000800. The average molecular weight is 1160 g/mol. The molecule has 0 atom stereocenters. The van der Waals surface area contributed by atoms with Gasteiger partial charge in [0.1, 0.15) is 5.75 Å². The van der Waals surface area contributed by atoms with E-state index in [0.717, 1.165) is 50.3 Å². The Bertz CT molecular complexity index is 3230. The summed E-state index contributed by atoms with van der Waals surface area (Å²) < 4.78 is 2.32. The summed E-state index contributed by atoms with van der Waals surface area (Å²) in [5.41, 5.74) is 21.2. The number of hydrogen-bond donors (Lipinski definition) is 1. The van der Waals surface area contributed by atoms with E-state index in [4.69, 9.17) is 4.98 Å². The average Bonchev–Trinajstić information content (AvgIpc) is 3.34. The number of aromatic hydroxyl groups is 1. The Morgan fingerprint density at radius 3 is 1.41 bits per heavy atom. The smallest absolute Gasteiger partial charge is 0.507 e. The van der Waals surface area contributed by atoms with E-state index in [2.05, 4.69) is 274 Å². The van der Waals surface area contributed by atoms with Gasteiger partial charge in [-0.1, -0.05) is 209 Å². The van der Waals surface area contributed by atoms with Crippen molar-refractivity contribution in [3.63, 3.8) is 0 Å². The first-order valence-corrected chi connectivity index (χ1v) is 26.7. The molecule has 8 aromatic rings. The molecule has 0 spiro atoms. The predicted molar refractivity (Wildman–Crippen MR) is 310 cm³/mol. The molecule has 2 heterocycles. The zero-order valence-electron chi connectivity index (χ0n) is 47.2. The van der Waals surface area contributed by atoms with Crippen LogP contribution >= 0.6 is 0 Å². The fourth-order valence-electron chi connectivity index (χ4n) is 10.2. The van der Waals surface area contributed by atoms with Crippen LogP contribution in [0.25, 0.3) is 72.7 Å². The number of benzene rings is 6. The number of hydrogen-bond acceptors (Lipinski definition) is 2. The molecule has 0 radical (unpaired) electrons. The zero-order valence-corrected chi connectivity index (χ0v) is 49.5. The van der Waals surface area contributed by atoms with Gasteiger partial charge >= 0.3 is 21.1 Å². The molecule has 384 valence electrons. The van der Waals surface area contributed by atoms with Crippen molar-refractivity contribution in [3.8, 4) is 78.5 Å². The normalized spacial score (nSPS) is 12.3. The van der Waals surface area contributed by atoms with Crippen LogP contribution in [0.1, 0.15) is 180 Å². The molecule has 4 heteroatoms. The number of aromatic nitrogens is 2. The van der Waals surface area contributed by atoms with Crippen molar-refractivity contribution >= 4 is 0 Å². The second-order valence-corrected chi connectivity index (χ2v) is 24.8. The zero-order chi connectivity index (χ0) is 52.9. The van der Waals surface area contributed by atoms with E-state index >= 15 is 0 Å². The van der Waals surface area contributed by atoms with Crippen molar-refractivity contribution in [3.05, 3.63) is 191 Å². The summed E-state index contributed by atoms with van der Waals surface area (Å²) in [6, 6.07) is 54.2. The van der Waals surface area contributed by atoms with Crippen LogP contribution in [0.15, 0.2) is 140 Å². The van der Waals surface area contributed by atoms with Gasteiger partial charge < -0.3 is 5.11 Å². The summed E-state index contributed by atoms with van der Waals surface area (Å²) in [5.74, 6) is 1.31. The van der Waals surface area contributed by atoms with E-state index in [9.17, 15) is 5.11 Å². The molecule has 0 aliphatic carbocycles. The Kier molecular flexibility index (Phi) is 16.4. The van der Waals surface area contributed by atoms with Gasteiger partial charge in [0, 0.05) is 27.9 Å². The van der Waals surface area contributed by atoms with Crippen molar-refractivity contribution in [2.75, 3.05) is 0 Å². The van der Waals surface area contributed by atoms with Gasteiger partial charge in [-0.3, -0.25) is 9.55 Å². The minimum absolute atomic E-state index is 0. The second kappa shape index (κ2) is 21.8. The van der Waals surface area contributed by atoms with Gasteiger partial charge in [0.25, 0.3) is 0 Å². The molecule has 0 aliphatic heterocycles. The van der Waals surface area contributed by atoms with E-state index in [0.29, 0.717) is 0 Å². The van der Waals surface area contributed by atoms with Gasteiger partial charge in [0.05, 0.1) is 18.1 Å². The third-order valence-electron chi connectivity index (χ3n) is 14.5. The molecular weight excluding hydrogens is 1080 g/mol. The third-order valence-corrected chi connectivity index (χ3v) is 14.5. The Morgan fingerprint density at radius 2 is 0.932 bits per heavy atom. The van der Waals surface area contributed by atoms with Crippen LogP contribution in [0, 0.1) is 12.1 Å². The van der Waals surface area contributed by atoms with Crippen molar-refractivity contribution in [1.82, 2.24) is 4.98 Å². The van der Waals surface area contributed by atoms with E-state index in [1.54, 1.807) is 0 Å². The third kappa shape index (κ3) is 11.8. The molecule has 0 amide bonds. The van der Waals surface area contributed by atoms with E-state index in [-0.39, 0.29) is 66.7 Å². The quantitative estimate of drug-likeness (QED) is 0.104. The summed E-state index contributed by atoms with van der Waals surface area (Å²) >= 11 is 0. The summed E-state index contributed by atoms with van der Waals surface area (Å²) in [6.45, 7) is 38.5. The van der Waals surface area contributed by atoms with Gasteiger partial charge in [0.2, 0.25) is 0 Å². The second-order valence-electron chi connectivity index (χ2n) is 24.8. The van der Waals surface area contributed by atoms with Gasteiger partial charge in [-0.15, -0.1) is 22.8 Å². The van der Waals surface area contributed by atoms with Crippen molar-refractivity contribution in [2.24, 2.45) is 0 Å². The topological polar surface area (TPSA) is 37.0 Å². The van der Waals surface area contributed by atoms with Crippen molar-refractivity contribution in [2.45, 2.75) is 158 Å². The first kappa shape index (κ1) is 55.8. The summed E-state index contributed by atoms with van der Waals surface area (Å²) in [7, 11) is 0. The summed E-state index contributed by atoms with van der Waals surface area (Å²) in [5, 5.41) is 12.5. The molecule has 0 saturated carbocycles. The number of phenolic OH excluding ortho intramolecular Hbond substituents is 1. The Hall–Kier alpha value is -5.89. The minimum Gasteiger partial charge on any atom is -0.507 e. The molecule has 1 N–H and O–H groups in total. The van der Waals surface area contributed by atoms with E-state index in [1.165, 1.54) is 61.3 Å². The van der Waals surface area contributed by atoms with Gasteiger partial charge in [0.15, 0.2) is 5.69 Å². The first-order valence-electron chi connectivity index (χ1n) is 26.7. The van der Waals surface area contributed by atoms with Crippen LogP contribution in [0.5, 0.6) is 5.75 Å². The predicted octanol–water partition coefficient (Wildman–Crippen LogP) is 19.0. The number of phenols is 1. The van der Waals surface area contributed by atoms with Gasteiger partial charge in [-0.25, -0.2) is 0 Å². The van der Waals surface area contributed by atoms with Crippen LogP contribution in [-0.4, -0.2) is 10.1 Å². The molecule has 0 aliphatic rings. The Morgan fingerprint density at radius 1 is 0.473 bits per heavy atom. The molecule has 74 heavy (non-hydrogen) atoms. The molecule has 0 bridgehead atoms. The molecule has 2 aromatic heterocycles. The first-order chi connectivity index (χ1) is 34.3. The summed E-state index contributed by atoms with van der Waals surface area (Å²) in [6.07, 6.45) is 4.39. The number of rotatable bonds is 11. The molecular formula is C70H79N2OPt+. The molecule has 0 saturated heterocycles. The van der Waals surface area contributed by atoms with Crippen LogP contribution in [-0.2, 0) is 37.3 Å². The maximum Gasteiger partial charge on any atom is 2.00 e. The largest absolute Gasteiger partial charge is 2.00 e. The van der Waals surface area contributed by atoms with Crippen LogP contribution in [0.4, 0.5) is 0 Å². The summed E-state index contributed by atoms with van der Waals surface area (Å²) in [4.78, 5) is 5.63. The molecule has 0 unspecified atom stereocenters. The van der Waals surface area contributed by atoms with E-state index < -0.39 is 0 Å². The van der Waals surface area contributed by atoms with Crippen LogP contribution in [0.2, 0.25) is 0 Å². The van der Waals surface area contributed by atoms with Gasteiger partial charge in [-0.05, 0) is 114 Å². The van der Waals surface area contributed by atoms with Gasteiger partial charge in [-0.2, -0.15) is 23.8 Å². The van der Waals surface area contributed by atoms with Crippen LogP contribution < -0.4 is 4.57 Å². The Labute approximate surface area is 459 Å². The van der Waals surface area contributed by atoms with Crippen molar-refractivity contribution in [1.29, 1.82) is 0 Å². The van der Waals surface area contributed by atoms with Crippen LogP contribution in [0.3, 0.4) is 0 Å². The molecule has 6 aromatic carbocycles. The maximum atomic E-state index is 12.5. The molecule has 8 rings (SSSR count). The van der Waals surface area contributed by atoms with E-state index in [1.807, 2.05) is 0 Å². The fraction of sp³-hybridized carbons (Fsp3) is 0.343. The number of pyridine rings is 2. The monoisotopic (exact) mass is 1160 g/mol. The minimum atomic E-state index is -0.313. The number of nitrogens with zero attached hydrogens (tertiary/aromatic N) is 2. The molecule has 0 fully saturated rings. The SMILES string of the molecule is CC(C)c1cc(-c2ccccc2)cc(C(C)C)c1-c1cc(-c2[c-]c(-c3[c-]cc[n+](-c4c(C(C)C)cc(-c5ccccc5)cc4C(C)C)c3)cc(C(C)(C)C)c2)nc(-c2cc(C(C)(C)C)cc(C(C)(C)C)c2O)c1.[Pt+2]. The standard InChI is InChI=1S/C70H79N2O.Pt/c1-43(2)57-34-51(47-25-20-18-21-26-47)35-58(44(3)4)65(57)54-38-63(71-64(39-54)61-40-56(69(12,13)14)41-62(67(61)73)70(15,16)17)53-31-50(32-55(33-53)68(9,10)11)49-29-24-30-72(42-49)66-59(45(5)6)36-52(37-60(66)46(7)8)48-27-22-19-23-28-48;/h18-28,30,32-46,73H,1-17H3;/q-1;+2. The fourth-order valence-corrected chi connectivity index (χ4v) is 10.2. The van der Waals surface area contributed by atoms with Crippen molar-refractivity contribution < 1.29 is 30.7 Å².